The van der Waals surface area contributed by atoms with Crippen LogP contribution in [0.15, 0.2) is 0 Å². The number of nitrogens with one attached hydrogen (secondary N) is 1. The zero-order chi connectivity index (χ0) is 13.8. The zero-order valence-corrected chi connectivity index (χ0v) is 11.8. The van der Waals surface area contributed by atoms with Crippen molar-refractivity contribution >= 4 is 29.4 Å². The molecule has 0 aromatic carbocycles. The molecule has 0 saturated carbocycles. The van der Waals surface area contributed by atoms with Crippen LogP contribution in [0.2, 0.25) is 5.28 Å². The average molecular weight is 285 g/mol. The average Bonchev–Trinajstić information content (AvgIpc) is 2.89. The van der Waals surface area contributed by atoms with E-state index in [1.165, 1.54) is 0 Å². The third-order valence-corrected chi connectivity index (χ3v) is 3.02. The van der Waals surface area contributed by atoms with E-state index in [1.54, 1.807) is 4.90 Å². The Morgan fingerprint density at radius 2 is 2.00 bits per heavy atom. The number of hydrogen-bond donors (Lipinski definition) is 1. The van der Waals surface area contributed by atoms with Crippen molar-refractivity contribution in [2.45, 2.75) is 12.8 Å². The fourth-order valence-electron chi connectivity index (χ4n) is 1.85. The lowest BCUT2D eigenvalue weighted by Crippen LogP contribution is -2.33. The molecule has 1 aliphatic rings. The highest BCUT2D eigenvalue weighted by Gasteiger charge is 2.17. The second-order valence-corrected chi connectivity index (χ2v) is 4.90. The van der Waals surface area contributed by atoms with Crippen LogP contribution in [0.4, 0.5) is 11.9 Å². The predicted octanol–water partition coefficient (Wildman–Crippen LogP) is 0.625. The van der Waals surface area contributed by atoms with Crippen molar-refractivity contribution in [1.82, 2.24) is 19.9 Å². The minimum absolute atomic E-state index is 0.0560. The van der Waals surface area contributed by atoms with E-state index < -0.39 is 0 Å². The van der Waals surface area contributed by atoms with Crippen LogP contribution in [0.25, 0.3) is 0 Å². The normalized spacial score (nSPS) is 14.6. The van der Waals surface area contributed by atoms with E-state index in [0.717, 1.165) is 25.9 Å². The predicted molar refractivity (Wildman–Crippen MR) is 73.5 cm³/mol. The van der Waals surface area contributed by atoms with E-state index >= 15 is 0 Å². The maximum atomic E-state index is 11.9. The number of anilines is 2. The molecule has 0 aliphatic carbocycles. The largest absolute Gasteiger partial charge is 0.347 e. The van der Waals surface area contributed by atoms with Crippen LogP contribution in [-0.2, 0) is 4.79 Å². The Morgan fingerprint density at radius 1 is 1.32 bits per heavy atom. The Balaban J connectivity index is 1.97. The summed E-state index contributed by atoms with van der Waals surface area (Å²) >= 11 is 5.81. The van der Waals surface area contributed by atoms with Crippen molar-refractivity contribution in [3.8, 4) is 0 Å². The first-order valence-corrected chi connectivity index (χ1v) is 6.54. The third kappa shape index (κ3) is 3.66. The molecular weight excluding hydrogens is 268 g/mol. The first kappa shape index (κ1) is 13.8. The Kier molecular flexibility index (Phi) is 4.36. The topological polar surface area (TPSA) is 74.2 Å². The molecule has 0 unspecified atom stereocenters. The summed E-state index contributed by atoms with van der Waals surface area (Å²) in [5.74, 6) is 0.827. The van der Waals surface area contributed by atoms with Crippen LogP contribution >= 0.6 is 11.6 Å². The Hall–Kier alpha value is -1.63. The van der Waals surface area contributed by atoms with Gasteiger partial charge in [-0.2, -0.15) is 15.0 Å². The number of carbonyl (C=O) groups is 1. The lowest BCUT2D eigenvalue weighted by molar-refractivity contribution is -0.128. The van der Waals surface area contributed by atoms with Crippen molar-refractivity contribution in [1.29, 1.82) is 0 Å². The van der Waals surface area contributed by atoms with Gasteiger partial charge in [-0.05, 0) is 24.4 Å². The van der Waals surface area contributed by atoms with Gasteiger partial charge in [0, 0.05) is 27.2 Å². The number of aromatic nitrogens is 3. The summed E-state index contributed by atoms with van der Waals surface area (Å²) in [6.45, 7) is 1.84. The molecule has 0 spiro atoms. The van der Waals surface area contributed by atoms with E-state index in [1.807, 2.05) is 19.0 Å². The smallest absolute Gasteiger partial charge is 0.241 e. The number of halogens is 1. The molecule has 0 bridgehead atoms. The second kappa shape index (κ2) is 6.01. The zero-order valence-electron chi connectivity index (χ0n) is 11.1. The fourth-order valence-corrected chi connectivity index (χ4v) is 2.01. The molecule has 1 N–H and O–H groups in total. The van der Waals surface area contributed by atoms with Gasteiger partial charge in [-0.25, -0.2) is 0 Å². The van der Waals surface area contributed by atoms with Crippen molar-refractivity contribution in [3.05, 3.63) is 5.28 Å². The molecule has 1 aromatic rings. The molecule has 104 valence electrons. The molecule has 0 radical (unpaired) electrons. The van der Waals surface area contributed by atoms with E-state index in [4.69, 9.17) is 11.6 Å². The maximum absolute atomic E-state index is 11.9. The van der Waals surface area contributed by atoms with Gasteiger partial charge < -0.3 is 15.1 Å². The van der Waals surface area contributed by atoms with Crippen molar-refractivity contribution in [3.63, 3.8) is 0 Å². The molecule has 2 heterocycles. The van der Waals surface area contributed by atoms with Gasteiger partial charge in [0.05, 0.1) is 6.54 Å². The molecule has 19 heavy (non-hydrogen) atoms. The van der Waals surface area contributed by atoms with Crippen LogP contribution in [-0.4, -0.2) is 59.5 Å². The highest BCUT2D eigenvalue weighted by atomic mass is 35.5. The van der Waals surface area contributed by atoms with Gasteiger partial charge in [-0.1, -0.05) is 0 Å². The Bertz CT molecular complexity index is 460. The number of carbonyl (C=O) groups excluding carboxylic acids is 1. The van der Waals surface area contributed by atoms with Crippen LogP contribution < -0.4 is 10.2 Å². The lowest BCUT2D eigenvalue weighted by Gasteiger charge is -2.16. The van der Waals surface area contributed by atoms with Crippen LogP contribution in [0.3, 0.4) is 0 Å². The molecule has 0 atom stereocenters. The maximum Gasteiger partial charge on any atom is 0.241 e. The standard InChI is InChI=1S/C11H17ClN6O/c1-17(2)11-15-9(12)14-10(16-11)13-7-8(19)18-5-3-4-6-18/h3-7H2,1-2H3,(H,13,14,15,16). The highest BCUT2D eigenvalue weighted by molar-refractivity contribution is 6.28. The van der Waals surface area contributed by atoms with Gasteiger partial charge in [0.1, 0.15) is 0 Å². The Labute approximate surface area is 117 Å². The van der Waals surface area contributed by atoms with Crippen LogP contribution in [0.5, 0.6) is 0 Å². The number of hydrogen-bond acceptors (Lipinski definition) is 6. The van der Waals surface area contributed by atoms with Gasteiger partial charge in [0.25, 0.3) is 0 Å². The van der Waals surface area contributed by atoms with Crippen LogP contribution in [0.1, 0.15) is 12.8 Å². The van der Waals surface area contributed by atoms with Crippen molar-refractivity contribution < 1.29 is 4.79 Å². The van der Waals surface area contributed by atoms with Gasteiger partial charge >= 0.3 is 0 Å². The van der Waals surface area contributed by atoms with Gasteiger partial charge in [0.2, 0.25) is 23.1 Å². The van der Waals surface area contributed by atoms with Gasteiger partial charge in [-0.3, -0.25) is 4.79 Å². The summed E-state index contributed by atoms with van der Waals surface area (Å²) < 4.78 is 0. The third-order valence-electron chi connectivity index (χ3n) is 2.85. The summed E-state index contributed by atoms with van der Waals surface area (Å²) in [6.07, 6.45) is 2.15. The minimum atomic E-state index is 0.0560. The molecule has 1 aromatic heterocycles. The van der Waals surface area contributed by atoms with E-state index in [2.05, 4.69) is 20.3 Å². The molecule has 1 saturated heterocycles. The number of rotatable bonds is 4. The van der Waals surface area contributed by atoms with E-state index in [0.29, 0.717) is 11.9 Å². The lowest BCUT2D eigenvalue weighted by atomic mass is 10.4. The second-order valence-electron chi connectivity index (χ2n) is 4.56. The summed E-state index contributed by atoms with van der Waals surface area (Å²) in [7, 11) is 3.62. The fraction of sp³-hybridized carbons (Fsp3) is 0.636. The van der Waals surface area contributed by atoms with Crippen molar-refractivity contribution in [2.75, 3.05) is 43.9 Å². The quantitative estimate of drug-likeness (QED) is 0.874. The summed E-state index contributed by atoms with van der Waals surface area (Å²) in [6, 6.07) is 0. The van der Waals surface area contributed by atoms with E-state index in [-0.39, 0.29) is 17.7 Å². The SMILES string of the molecule is CN(C)c1nc(Cl)nc(NCC(=O)N2CCCC2)n1. The minimum Gasteiger partial charge on any atom is -0.347 e. The van der Waals surface area contributed by atoms with Gasteiger partial charge in [-0.15, -0.1) is 0 Å². The van der Waals surface area contributed by atoms with E-state index in [9.17, 15) is 4.79 Å². The molecule has 7 nitrogen and oxygen atoms in total. The Morgan fingerprint density at radius 3 is 2.63 bits per heavy atom. The van der Waals surface area contributed by atoms with Crippen LogP contribution in [0, 0.1) is 0 Å². The monoisotopic (exact) mass is 284 g/mol. The number of likely N-dealkylation sites (tertiary alicyclic amines) is 1. The van der Waals surface area contributed by atoms with Crippen molar-refractivity contribution in [2.24, 2.45) is 0 Å². The molecule has 1 fully saturated rings. The first-order chi connectivity index (χ1) is 9.06. The molecule has 1 amide bonds. The number of nitrogens with zero attached hydrogens (tertiary/aromatic N) is 5. The molecule has 8 heteroatoms. The number of amides is 1. The summed E-state index contributed by atoms with van der Waals surface area (Å²) in [4.78, 5) is 27.5. The summed E-state index contributed by atoms with van der Waals surface area (Å²) in [5, 5.41) is 3.00. The van der Waals surface area contributed by atoms with Gasteiger partial charge in [0.15, 0.2) is 0 Å². The molecular formula is C11H17ClN6O. The highest BCUT2D eigenvalue weighted by Crippen LogP contribution is 2.12. The molecule has 1 aliphatic heterocycles. The first-order valence-electron chi connectivity index (χ1n) is 6.17. The molecule has 2 rings (SSSR count). The summed E-state index contributed by atoms with van der Waals surface area (Å²) in [5.41, 5.74) is 0.